The van der Waals surface area contributed by atoms with E-state index in [4.69, 9.17) is 5.73 Å². The molecule has 0 spiro atoms. The first-order valence-corrected chi connectivity index (χ1v) is 6.05. The summed E-state index contributed by atoms with van der Waals surface area (Å²) in [5.74, 6) is 1.54. The Hall–Kier alpha value is -0.350. The zero-order chi connectivity index (χ0) is 9.97. The lowest BCUT2D eigenvalue weighted by atomic mass is 9.87. The normalized spacial score (nSPS) is 18.7. The lowest BCUT2D eigenvalue weighted by molar-refractivity contribution is 0.436. The molecule has 0 aliphatic heterocycles. The molecular formula is C10H16BrN3. The number of nitrogens with two attached hydrogens (primary N) is 1. The standard InChI is InChI=1S/C10H16BrN3/c11-10-9(13-8(6-12)14-10)7-4-2-1-3-5-7/h7H,1-6,12H2,(H,13,14). The number of aromatic nitrogens is 2. The van der Waals surface area contributed by atoms with E-state index in [0.717, 1.165) is 10.4 Å². The molecule has 0 unspecified atom stereocenters. The smallest absolute Gasteiger partial charge is 0.127 e. The van der Waals surface area contributed by atoms with Crippen LogP contribution in [0.4, 0.5) is 0 Å². The number of aromatic amines is 1. The molecule has 1 saturated carbocycles. The van der Waals surface area contributed by atoms with Gasteiger partial charge in [0.15, 0.2) is 0 Å². The largest absolute Gasteiger partial charge is 0.344 e. The molecule has 1 heterocycles. The van der Waals surface area contributed by atoms with Crippen molar-refractivity contribution in [2.24, 2.45) is 5.73 Å². The van der Waals surface area contributed by atoms with E-state index < -0.39 is 0 Å². The van der Waals surface area contributed by atoms with Gasteiger partial charge in [-0.15, -0.1) is 0 Å². The Kier molecular flexibility index (Phi) is 3.23. The van der Waals surface area contributed by atoms with Crippen LogP contribution < -0.4 is 5.73 Å². The molecule has 1 aromatic rings. The van der Waals surface area contributed by atoms with Gasteiger partial charge >= 0.3 is 0 Å². The summed E-state index contributed by atoms with van der Waals surface area (Å²) in [6.07, 6.45) is 6.63. The van der Waals surface area contributed by atoms with Crippen LogP contribution in [0.25, 0.3) is 0 Å². The number of hydrogen-bond acceptors (Lipinski definition) is 2. The molecule has 14 heavy (non-hydrogen) atoms. The summed E-state index contributed by atoms with van der Waals surface area (Å²) in [7, 11) is 0. The molecule has 0 atom stereocenters. The van der Waals surface area contributed by atoms with Gasteiger partial charge in [-0.2, -0.15) is 0 Å². The van der Waals surface area contributed by atoms with Crippen molar-refractivity contribution in [2.45, 2.75) is 44.6 Å². The van der Waals surface area contributed by atoms with E-state index in [1.807, 2.05) is 0 Å². The van der Waals surface area contributed by atoms with E-state index in [1.54, 1.807) is 0 Å². The molecule has 3 N–H and O–H groups in total. The molecule has 3 nitrogen and oxygen atoms in total. The van der Waals surface area contributed by atoms with Gasteiger partial charge in [0.05, 0.1) is 12.2 Å². The van der Waals surface area contributed by atoms with Crippen molar-refractivity contribution in [2.75, 3.05) is 0 Å². The third kappa shape index (κ3) is 2.01. The highest BCUT2D eigenvalue weighted by Crippen LogP contribution is 2.34. The number of H-pyrrole nitrogens is 1. The summed E-state index contributed by atoms with van der Waals surface area (Å²) in [5.41, 5.74) is 6.80. The monoisotopic (exact) mass is 257 g/mol. The zero-order valence-corrected chi connectivity index (χ0v) is 9.81. The van der Waals surface area contributed by atoms with E-state index in [9.17, 15) is 0 Å². The third-order valence-electron chi connectivity index (χ3n) is 2.94. The first-order valence-electron chi connectivity index (χ1n) is 5.25. The second-order valence-electron chi connectivity index (χ2n) is 3.93. The minimum absolute atomic E-state index is 0.491. The molecule has 0 radical (unpaired) electrons. The van der Waals surface area contributed by atoms with Crippen molar-refractivity contribution in [3.8, 4) is 0 Å². The van der Waals surface area contributed by atoms with Crippen LogP contribution in [0.2, 0.25) is 0 Å². The fraction of sp³-hybridized carbons (Fsp3) is 0.700. The minimum atomic E-state index is 0.491. The van der Waals surface area contributed by atoms with Crippen LogP contribution in [0, 0.1) is 0 Å². The molecule has 0 aromatic carbocycles. The van der Waals surface area contributed by atoms with Gasteiger partial charge < -0.3 is 10.7 Å². The minimum Gasteiger partial charge on any atom is -0.344 e. The second-order valence-corrected chi connectivity index (χ2v) is 4.68. The van der Waals surface area contributed by atoms with Gasteiger partial charge in [0.25, 0.3) is 0 Å². The number of hydrogen-bond donors (Lipinski definition) is 2. The Morgan fingerprint density at radius 1 is 1.36 bits per heavy atom. The Balaban J connectivity index is 2.17. The summed E-state index contributed by atoms with van der Waals surface area (Å²) < 4.78 is 0.963. The van der Waals surface area contributed by atoms with Crippen LogP contribution in [-0.4, -0.2) is 9.97 Å². The van der Waals surface area contributed by atoms with Gasteiger partial charge in [0, 0.05) is 5.92 Å². The Morgan fingerprint density at radius 2 is 2.07 bits per heavy atom. The van der Waals surface area contributed by atoms with Crippen LogP contribution in [0.1, 0.15) is 49.5 Å². The van der Waals surface area contributed by atoms with E-state index in [0.29, 0.717) is 12.5 Å². The van der Waals surface area contributed by atoms with Crippen molar-refractivity contribution in [1.82, 2.24) is 9.97 Å². The quantitative estimate of drug-likeness (QED) is 0.856. The number of imidazole rings is 1. The van der Waals surface area contributed by atoms with Crippen LogP contribution in [0.5, 0.6) is 0 Å². The molecule has 4 heteroatoms. The summed E-state index contributed by atoms with van der Waals surface area (Å²) in [6.45, 7) is 0.491. The summed E-state index contributed by atoms with van der Waals surface area (Å²) in [4.78, 5) is 7.66. The first-order chi connectivity index (χ1) is 6.81. The maximum atomic E-state index is 5.55. The van der Waals surface area contributed by atoms with Crippen molar-refractivity contribution in [3.63, 3.8) is 0 Å². The number of rotatable bonds is 2. The maximum absolute atomic E-state index is 5.55. The molecule has 0 saturated heterocycles. The fourth-order valence-electron chi connectivity index (χ4n) is 2.17. The molecule has 1 fully saturated rings. The van der Waals surface area contributed by atoms with Gasteiger partial charge in [-0.05, 0) is 28.8 Å². The summed E-state index contributed by atoms with van der Waals surface area (Å²) in [5, 5.41) is 0. The van der Waals surface area contributed by atoms with Gasteiger partial charge in [0.1, 0.15) is 10.4 Å². The molecule has 0 bridgehead atoms. The third-order valence-corrected chi connectivity index (χ3v) is 3.55. The van der Waals surface area contributed by atoms with Crippen LogP contribution in [0.15, 0.2) is 4.60 Å². The number of nitrogens with one attached hydrogen (secondary N) is 1. The molecule has 1 aliphatic carbocycles. The average molecular weight is 258 g/mol. The predicted octanol–water partition coefficient (Wildman–Crippen LogP) is 2.68. The predicted molar refractivity (Wildman–Crippen MR) is 60.0 cm³/mol. The highest BCUT2D eigenvalue weighted by molar-refractivity contribution is 9.10. The van der Waals surface area contributed by atoms with Gasteiger partial charge in [-0.1, -0.05) is 19.3 Å². The summed E-state index contributed by atoms with van der Waals surface area (Å²) >= 11 is 3.50. The van der Waals surface area contributed by atoms with Crippen molar-refractivity contribution >= 4 is 15.9 Å². The van der Waals surface area contributed by atoms with Crippen molar-refractivity contribution < 1.29 is 0 Å². The Labute approximate surface area is 92.6 Å². The van der Waals surface area contributed by atoms with Gasteiger partial charge in [-0.3, -0.25) is 0 Å². The lowest BCUT2D eigenvalue weighted by Gasteiger charge is -2.20. The van der Waals surface area contributed by atoms with Crippen molar-refractivity contribution in [3.05, 3.63) is 16.1 Å². The van der Waals surface area contributed by atoms with Gasteiger partial charge in [-0.25, -0.2) is 4.98 Å². The zero-order valence-electron chi connectivity index (χ0n) is 8.22. The van der Waals surface area contributed by atoms with E-state index in [2.05, 4.69) is 25.9 Å². The average Bonchev–Trinajstić information content (AvgIpc) is 2.61. The van der Waals surface area contributed by atoms with Crippen LogP contribution in [-0.2, 0) is 6.54 Å². The highest BCUT2D eigenvalue weighted by Gasteiger charge is 2.20. The van der Waals surface area contributed by atoms with Crippen molar-refractivity contribution in [1.29, 1.82) is 0 Å². The Morgan fingerprint density at radius 3 is 2.64 bits per heavy atom. The first kappa shape index (κ1) is 10.2. The molecule has 78 valence electrons. The fourth-order valence-corrected chi connectivity index (χ4v) is 2.81. The lowest BCUT2D eigenvalue weighted by Crippen LogP contribution is -2.06. The van der Waals surface area contributed by atoms with Gasteiger partial charge in [0.2, 0.25) is 0 Å². The van der Waals surface area contributed by atoms with E-state index in [1.165, 1.54) is 37.8 Å². The number of nitrogens with zero attached hydrogens (tertiary/aromatic N) is 1. The SMILES string of the molecule is NCc1nc(Br)c(C2CCCCC2)[nH]1. The second kappa shape index (κ2) is 4.45. The van der Waals surface area contributed by atoms with Crippen LogP contribution in [0.3, 0.4) is 0 Å². The van der Waals surface area contributed by atoms with Crippen LogP contribution >= 0.6 is 15.9 Å². The summed E-state index contributed by atoms with van der Waals surface area (Å²) in [6, 6.07) is 0. The maximum Gasteiger partial charge on any atom is 0.127 e. The van der Waals surface area contributed by atoms with E-state index >= 15 is 0 Å². The molecule has 2 rings (SSSR count). The van der Waals surface area contributed by atoms with E-state index in [-0.39, 0.29) is 0 Å². The molecule has 1 aliphatic rings. The molecule has 1 aromatic heterocycles. The highest BCUT2D eigenvalue weighted by atomic mass is 79.9. The Bertz CT molecular complexity index is 302. The molecule has 0 amide bonds. The topological polar surface area (TPSA) is 54.7 Å². The molecular weight excluding hydrogens is 242 g/mol. The number of halogens is 1.